The second-order valence-corrected chi connectivity index (χ2v) is 5.60. The highest BCUT2D eigenvalue weighted by atomic mass is 35.5. The molecule has 2 aromatic carbocycles. The number of aryl methyl sites for hydroxylation is 1. The Labute approximate surface area is 132 Å². The van der Waals surface area contributed by atoms with Crippen molar-refractivity contribution in [3.63, 3.8) is 0 Å². The quantitative estimate of drug-likeness (QED) is 0.815. The normalized spacial score (nSPS) is 10.2. The molecule has 2 aromatic rings. The van der Waals surface area contributed by atoms with E-state index in [-0.39, 0.29) is 0 Å². The van der Waals surface area contributed by atoms with E-state index in [1.165, 1.54) is 0 Å². The van der Waals surface area contributed by atoms with Crippen LogP contribution in [0.5, 0.6) is 0 Å². The highest BCUT2D eigenvalue weighted by molar-refractivity contribution is 6.41. The van der Waals surface area contributed by atoms with Gasteiger partial charge in [-0.3, -0.25) is 0 Å². The van der Waals surface area contributed by atoms with E-state index in [1.807, 2.05) is 19.1 Å². The monoisotopic (exact) mass is 324 g/mol. The third-order valence-electron chi connectivity index (χ3n) is 2.93. The van der Waals surface area contributed by atoms with E-state index in [0.29, 0.717) is 32.9 Å². The molecular weight excluding hydrogens is 315 g/mol. The SMILES string of the molecule is Cc1cc(C#N)ccc1CNc1c(Cl)cc(Cl)cc1Cl. The molecule has 0 unspecified atom stereocenters. The summed E-state index contributed by atoms with van der Waals surface area (Å²) in [5.74, 6) is 0. The van der Waals surface area contributed by atoms with Gasteiger partial charge in [-0.15, -0.1) is 0 Å². The van der Waals surface area contributed by atoms with Gasteiger partial charge in [-0.25, -0.2) is 0 Å². The van der Waals surface area contributed by atoms with Gasteiger partial charge in [0.25, 0.3) is 0 Å². The summed E-state index contributed by atoms with van der Waals surface area (Å²) in [5.41, 5.74) is 3.42. The molecule has 0 aromatic heterocycles. The summed E-state index contributed by atoms with van der Waals surface area (Å²) in [6.07, 6.45) is 0. The van der Waals surface area contributed by atoms with Crippen molar-refractivity contribution in [3.8, 4) is 6.07 Å². The molecule has 20 heavy (non-hydrogen) atoms. The smallest absolute Gasteiger partial charge is 0.0991 e. The lowest BCUT2D eigenvalue weighted by Crippen LogP contribution is -2.02. The van der Waals surface area contributed by atoms with Crippen LogP contribution in [0.1, 0.15) is 16.7 Å². The van der Waals surface area contributed by atoms with Crippen LogP contribution in [0.25, 0.3) is 0 Å². The van der Waals surface area contributed by atoms with Crippen LogP contribution in [-0.4, -0.2) is 0 Å². The molecule has 0 aliphatic rings. The lowest BCUT2D eigenvalue weighted by molar-refractivity contribution is 1.12. The minimum atomic E-state index is 0.480. The van der Waals surface area contributed by atoms with Crippen molar-refractivity contribution in [2.45, 2.75) is 13.5 Å². The van der Waals surface area contributed by atoms with Crippen molar-refractivity contribution in [1.29, 1.82) is 5.26 Å². The van der Waals surface area contributed by atoms with Gasteiger partial charge in [0.15, 0.2) is 0 Å². The van der Waals surface area contributed by atoms with Gasteiger partial charge in [0.05, 0.1) is 27.4 Å². The van der Waals surface area contributed by atoms with Gasteiger partial charge < -0.3 is 5.32 Å². The molecule has 0 heterocycles. The Balaban J connectivity index is 2.20. The fourth-order valence-electron chi connectivity index (χ4n) is 1.86. The second kappa shape index (κ2) is 6.37. The van der Waals surface area contributed by atoms with E-state index in [1.54, 1.807) is 18.2 Å². The predicted octanol–water partition coefficient (Wildman–Crippen LogP) is 5.44. The number of benzene rings is 2. The van der Waals surface area contributed by atoms with E-state index in [4.69, 9.17) is 40.1 Å². The van der Waals surface area contributed by atoms with Crippen LogP contribution in [0.3, 0.4) is 0 Å². The third-order valence-corrected chi connectivity index (χ3v) is 3.75. The number of hydrogen-bond donors (Lipinski definition) is 1. The molecule has 0 radical (unpaired) electrons. The number of anilines is 1. The lowest BCUT2D eigenvalue weighted by atomic mass is 10.1. The topological polar surface area (TPSA) is 35.8 Å². The molecule has 0 bridgehead atoms. The van der Waals surface area contributed by atoms with Crippen molar-refractivity contribution < 1.29 is 0 Å². The largest absolute Gasteiger partial charge is 0.379 e. The summed E-state index contributed by atoms with van der Waals surface area (Å²) in [5, 5.41) is 13.5. The van der Waals surface area contributed by atoms with Gasteiger partial charge in [-0.1, -0.05) is 40.9 Å². The summed E-state index contributed by atoms with van der Waals surface area (Å²) in [7, 11) is 0. The van der Waals surface area contributed by atoms with Crippen LogP contribution in [0.2, 0.25) is 15.1 Å². The lowest BCUT2D eigenvalue weighted by Gasteiger charge is -2.12. The van der Waals surface area contributed by atoms with Crippen molar-refractivity contribution in [3.05, 3.63) is 62.1 Å². The summed E-state index contributed by atoms with van der Waals surface area (Å²) in [6, 6.07) is 11.0. The van der Waals surface area contributed by atoms with Gasteiger partial charge in [0.1, 0.15) is 0 Å². The molecule has 0 spiro atoms. The molecule has 0 fully saturated rings. The summed E-state index contributed by atoms with van der Waals surface area (Å²) in [6.45, 7) is 2.53. The van der Waals surface area contributed by atoms with Gasteiger partial charge in [-0.05, 0) is 42.3 Å². The molecule has 0 saturated carbocycles. The Hall–Kier alpha value is -1.40. The minimum absolute atomic E-state index is 0.480. The molecule has 0 amide bonds. The highest BCUT2D eigenvalue weighted by Crippen LogP contribution is 2.34. The van der Waals surface area contributed by atoms with Gasteiger partial charge in [0.2, 0.25) is 0 Å². The first-order chi connectivity index (χ1) is 9.51. The van der Waals surface area contributed by atoms with Crippen LogP contribution in [0, 0.1) is 18.3 Å². The van der Waals surface area contributed by atoms with Crippen LogP contribution < -0.4 is 5.32 Å². The molecule has 1 N–H and O–H groups in total. The van der Waals surface area contributed by atoms with Crippen LogP contribution in [0.15, 0.2) is 30.3 Å². The molecule has 0 aliphatic heterocycles. The number of nitrogens with zero attached hydrogens (tertiary/aromatic N) is 1. The summed E-state index contributed by atoms with van der Waals surface area (Å²) >= 11 is 18.1. The van der Waals surface area contributed by atoms with Crippen LogP contribution >= 0.6 is 34.8 Å². The summed E-state index contributed by atoms with van der Waals surface area (Å²) < 4.78 is 0. The Morgan fingerprint density at radius 3 is 2.30 bits per heavy atom. The van der Waals surface area contributed by atoms with Crippen molar-refractivity contribution in [2.24, 2.45) is 0 Å². The first-order valence-electron chi connectivity index (χ1n) is 5.89. The zero-order chi connectivity index (χ0) is 14.7. The Kier molecular flexibility index (Phi) is 4.77. The Morgan fingerprint density at radius 1 is 1.10 bits per heavy atom. The Morgan fingerprint density at radius 2 is 1.75 bits per heavy atom. The first-order valence-corrected chi connectivity index (χ1v) is 7.02. The van der Waals surface area contributed by atoms with Gasteiger partial charge >= 0.3 is 0 Å². The van der Waals surface area contributed by atoms with Crippen molar-refractivity contribution in [2.75, 3.05) is 5.32 Å². The van der Waals surface area contributed by atoms with Gasteiger partial charge in [-0.2, -0.15) is 5.26 Å². The second-order valence-electron chi connectivity index (χ2n) is 4.35. The fraction of sp³-hybridized carbons (Fsp3) is 0.133. The van der Waals surface area contributed by atoms with E-state index < -0.39 is 0 Å². The van der Waals surface area contributed by atoms with E-state index in [0.717, 1.165) is 11.1 Å². The van der Waals surface area contributed by atoms with Crippen molar-refractivity contribution in [1.82, 2.24) is 0 Å². The maximum Gasteiger partial charge on any atom is 0.0991 e. The number of hydrogen-bond acceptors (Lipinski definition) is 2. The Bertz CT molecular complexity index is 667. The highest BCUT2D eigenvalue weighted by Gasteiger charge is 2.08. The molecule has 0 saturated heterocycles. The number of halogens is 3. The molecule has 0 aliphatic carbocycles. The number of nitriles is 1. The summed E-state index contributed by atoms with van der Waals surface area (Å²) in [4.78, 5) is 0. The fourth-order valence-corrected chi connectivity index (χ4v) is 2.81. The van der Waals surface area contributed by atoms with Crippen LogP contribution in [-0.2, 0) is 6.54 Å². The molecule has 5 heteroatoms. The van der Waals surface area contributed by atoms with Crippen molar-refractivity contribution >= 4 is 40.5 Å². The molecule has 2 rings (SSSR count). The number of rotatable bonds is 3. The molecule has 2 nitrogen and oxygen atoms in total. The standard InChI is InChI=1S/C15H11Cl3N2/c1-9-4-10(7-19)2-3-11(9)8-20-15-13(17)5-12(16)6-14(15)18/h2-6,20H,8H2,1H3. The van der Waals surface area contributed by atoms with E-state index >= 15 is 0 Å². The van der Waals surface area contributed by atoms with Crippen LogP contribution in [0.4, 0.5) is 5.69 Å². The molecule has 102 valence electrons. The number of nitrogens with one attached hydrogen (secondary N) is 1. The first kappa shape index (κ1) is 15.0. The maximum atomic E-state index is 8.85. The third kappa shape index (κ3) is 3.37. The minimum Gasteiger partial charge on any atom is -0.379 e. The predicted molar refractivity (Wildman–Crippen MR) is 84.7 cm³/mol. The molecular formula is C15H11Cl3N2. The average molecular weight is 326 g/mol. The van der Waals surface area contributed by atoms with Gasteiger partial charge in [0, 0.05) is 11.6 Å². The zero-order valence-corrected chi connectivity index (χ0v) is 12.9. The zero-order valence-electron chi connectivity index (χ0n) is 10.7. The molecule has 0 atom stereocenters. The maximum absolute atomic E-state index is 8.85. The van der Waals surface area contributed by atoms with E-state index in [2.05, 4.69) is 11.4 Å². The average Bonchev–Trinajstić information content (AvgIpc) is 2.39. The van der Waals surface area contributed by atoms with E-state index in [9.17, 15) is 0 Å².